The molecule has 1 aromatic carbocycles. The smallest absolute Gasteiger partial charge is 0.187 e. The Morgan fingerprint density at radius 3 is 2.60 bits per heavy atom. The van der Waals surface area contributed by atoms with Crippen LogP contribution < -0.4 is 0 Å². The lowest BCUT2D eigenvalue weighted by Crippen LogP contribution is -2.49. The normalized spacial score (nSPS) is 16.5. The molecule has 0 radical (unpaired) electrons. The first-order chi connectivity index (χ1) is 14.3. The number of rotatable bonds is 4. The Hall–Kier alpha value is -2.97. The van der Waals surface area contributed by atoms with E-state index in [1.54, 1.807) is 0 Å². The minimum Gasteiger partial charge on any atom is -0.312 e. The summed E-state index contributed by atoms with van der Waals surface area (Å²) >= 11 is 0. The molecule has 1 fully saturated rings. The minimum atomic E-state index is 0.0415. The highest BCUT2D eigenvalue weighted by atomic mass is 16.1. The molecule has 0 spiro atoms. The molecule has 4 rings (SSSR count). The van der Waals surface area contributed by atoms with Gasteiger partial charge in [0.15, 0.2) is 11.5 Å². The van der Waals surface area contributed by atoms with Crippen LogP contribution in [0.2, 0.25) is 0 Å². The van der Waals surface area contributed by atoms with Gasteiger partial charge in [0.05, 0.1) is 29.7 Å². The molecular formula is C25H28N4O. The average Bonchev–Trinajstić information content (AvgIpc) is 3.00. The number of aryl methyl sites for hydroxylation is 1. The first-order valence-electron chi connectivity index (χ1n) is 10.6. The number of carbonyl (C=O) groups is 1. The average molecular weight is 401 g/mol. The first-order valence-corrected chi connectivity index (χ1v) is 10.6. The Bertz CT molecular complexity index is 1150. The van der Waals surface area contributed by atoms with Crippen LogP contribution >= 0.6 is 0 Å². The highest BCUT2D eigenvalue weighted by molar-refractivity contribution is 6.09. The van der Waals surface area contributed by atoms with E-state index in [2.05, 4.69) is 39.2 Å². The molecule has 3 aromatic rings. The number of hydrogen-bond acceptors (Lipinski definition) is 3. The second-order valence-corrected chi connectivity index (χ2v) is 8.92. The van der Waals surface area contributed by atoms with Crippen molar-refractivity contribution in [3.63, 3.8) is 0 Å². The quantitative estimate of drug-likeness (QED) is 0.420. The molecule has 0 N–H and O–H groups in total. The predicted molar refractivity (Wildman–Crippen MR) is 121 cm³/mol. The van der Waals surface area contributed by atoms with Gasteiger partial charge in [-0.05, 0) is 70.8 Å². The molecule has 5 nitrogen and oxygen atoms in total. The summed E-state index contributed by atoms with van der Waals surface area (Å²) in [5.74, 6) is 0.125. The van der Waals surface area contributed by atoms with Gasteiger partial charge in [-0.2, -0.15) is 0 Å². The maximum atomic E-state index is 13.5. The number of ketones is 1. The Morgan fingerprint density at radius 2 is 1.93 bits per heavy atom. The van der Waals surface area contributed by atoms with E-state index in [1.165, 1.54) is 6.42 Å². The largest absolute Gasteiger partial charge is 0.312 e. The molecule has 0 saturated carbocycles. The molecule has 1 aliphatic rings. The number of pyridine rings is 1. The summed E-state index contributed by atoms with van der Waals surface area (Å²) in [6.45, 7) is 17.0. The van der Waals surface area contributed by atoms with Crippen LogP contribution in [-0.4, -0.2) is 38.9 Å². The fraction of sp³-hybridized carbons (Fsp3) is 0.400. The second-order valence-electron chi connectivity index (χ2n) is 8.92. The van der Waals surface area contributed by atoms with E-state index in [0.717, 1.165) is 47.4 Å². The van der Waals surface area contributed by atoms with Gasteiger partial charge in [0.2, 0.25) is 0 Å². The maximum Gasteiger partial charge on any atom is 0.187 e. The molecule has 0 aliphatic carbocycles. The maximum absolute atomic E-state index is 13.5. The number of likely N-dealkylation sites (tertiary alicyclic amines) is 1. The molecule has 0 unspecified atom stereocenters. The summed E-state index contributed by atoms with van der Waals surface area (Å²) in [4.78, 5) is 24.0. The van der Waals surface area contributed by atoms with Crippen LogP contribution in [-0.2, 0) is 0 Å². The molecule has 2 aromatic heterocycles. The van der Waals surface area contributed by atoms with Crippen LogP contribution in [0.25, 0.3) is 21.6 Å². The molecule has 5 heteroatoms. The summed E-state index contributed by atoms with van der Waals surface area (Å²) in [7, 11) is 0. The van der Waals surface area contributed by atoms with Crippen molar-refractivity contribution < 1.29 is 4.79 Å². The molecule has 0 amide bonds. The molecule has 0 bridgehead atoms. The van der Waals surface area contributed by atoms with Gasteiger partial charge in [0.1, 0.15) is 0 Å². The first kappa shape index (κ1) is 20.3. The van der Waals surface area contributed by atoms with Crippen molar-refractivity contribution in [2.24, 2.45) is 0 Å². The van der Waals surface area contributed by atoms with Crippen LogP contribution in [0, 0.1) is 20.4 Å². The highest BCUT2D eigenvalue weighted by Gasteiger charge is 2.32. The molecular weight excluding hydrogens is 372 g/mol. The zero-order valence-corrected chi connectivity index (χ0v) is 18.2. The number of piperidine rings is 1. The lowest BCUT2D eigenvalue weighted by Gasteiger charge is -2.42. The zero-order chi connectivity index (χ0) is 21.5. The minimum absolute atomic E-state index is 0.0415. The SMILES string of the molecule is [C-]#[N+]c1ccc(-n2c(C)c(C(=O)CN3CCCCC3(C)C)c3ncc(C)cc32)cc1. The van der Waals surface area contributed by atoms with Crippen molar-refractivity contribution in [2.75, 3.05) is 13.1 Å². The zero-order valence-electron chi connectivity index (χ0n) is 18.2. The lowest BCUT2D eigenvalue weighted by molar-refractivity contribution is 0.0622. The van der Waals surface area contributed by atoms with Crippen molar-refractivity contribution in [1.82, 2.24) is 14.5 Å². The highest BCUT2D eigenvalue weighted by Crippen LogP contribution is 2.32. The molecule has 0 atom stereocenters. The molecule has 30 heavy (non-hydrogen) atoms. The summed E-state index contributed by atoms with van der Waals surface area (Å²) in [6, 6.07) is 9.58. The van der Waals surface area contributed by atoms with Gasteiger partial charge in [-0.3, -0.25) is 14.7 Å². The van der Waals surface area contributed by atoms with Gasteiger partial charge in [-0.25, -0.2) is 4.85 Å². The topological polar surface area (TPSA) is 42.5 Å². The number of aromatic nitrogens is 2. The van der Waals surface area contributed by atoms with Crippen LogP contribution in [0.4, 0.5) is 5.69 Å². The van der Waals surface area contributed by atoms with E-state index < -0.39 is 0 Å². The van der Waals surface area contributed by atoms with Gasteiger partial charge in [0.25, 0.3) is 0 Å². The third-order valence-corrected chi connectivity index (χ3v) is 6.35. The Balaban J connectivity index is 1.81. The summed E-state index contributed by atoms with van der Waals surface area (Å²) in [5, 5.41) is 0. The van der Waals surface area contributed by atoms with Crippen molar-refractivity contribution in [2.45, 2.75) is 52.5 Å². The number of hydrogen-bond donors (Lipinski definition) is 0. The molecule has 1 saturated heterocycles. The summed E-state index contributed by atoms with van der Waals surface area (Å²) < 4.78 is 2.09. The molecule has 154 valence electrons. The lowest BCUT2D eigenvalue weighted by atomic mass is 9.90. The van der Waals surface area contributed by atoms with E-state index in [1.807, 2.05) is 44.3 Å². The third kappa shape index (κ3) is 3.53. The van der Waals surface area contributed by atoms with E-state index in [0.29, 0.717) is 17.8 Å². The monoisotopic (exact) mass is 400 g/mol. The van der Waals surface area contributed by atoms with Gasteiger partial charge in [-0.1, -0.05) is 18.6 Å². The Kier molecular flexibility index (Phi) is 5.21. The third-order valence-electron chi connectivity index (χ3n) is 6.35. The fourth-order valence-electron chi connectivity index (χ4n) is 4.59. The van der Waals surface area contributed by atoms with Crippen molar-refractivity contribution in [3.05, 3.63) is 64.8 Å². The standard InChI is InChI=1S/C25H28N4O/c1-17-14-21-24(27-15-17)23(22(30)16-28-13-7-6-12-25(28,3)4)18(2)29(21)20-10-8-19(26-5)9-11-20/h8-11,14-15H,6-7,12-13,16H2,1-4H3. The molecule has 3 heterocycles. The van der Waals surface area contributed by atoms with Crippen LogP contribution in [0.1, 0.15) is 54.7 Å². The summed E-state index contributed by atoms with van der Waals surface area (Å²) in [6.07, 6.45) is 5.31. The number of Topliss-reactive ketones (excluding diaryl/α,β-unsaturated/α-hetero) is 1. The summed E-state index contributed by atoms with van der Waals surface area (Å²) in [5.41, 5.74) is 5.94. The van der Waals surface area contributed by atoms with E-state index in [4.69, 9.17) is 6.57 Å². The number of fused-ring (bicyclic) bond motifs is 1. The number of carbonyl (C=O) groups excluding carboxylic acids is 1. The van der Waals surface area contributed by atoms with Gasteiger partial charge in [0, 0.05) is 23.1 Å². The van der Waals surface area contributed by atoms with E-state index in [9.17, 15) is 4.79 Å². The van der Waals surface area contributed by atoms with E-state index >= 15 is 0 Å². The second kappa shape index (κ2) is 7.70. The van der Waals surface area contributed by atoms with Gasteiger partial charge < -0.3 is 4.57 Å². The van der Waals surface area contributed by atoms with Gasteiger partial charge >= 0.3 is 0 Å². The van der Waals surface area contributed by atoms with Crippen molar-refractivity contribution >= 4 is 22.5 Å². The van der Waals surface area contributed by atoms with Crippen LogP contribution in [0.3, 0.4) is 0 Å². The Labute approximate surface area is 178 Å². The predicted octanol–water partition coefficient (Wildman–Crippen LogP) is 5.64. The van der Waals surface area contributed by atoms with Crippen molar-refractivity contribution in [1.29, 1.82) is 0 Å². The number of nitrogens with zero attached hydrogens (tertiary/aromatic N) is 4. The molecule has 1 aliphatic heterocycles. The Morgan fingerprint density at radius 1 is 1.20 bits per heavy atom. The van der Waals surface area contributed by atoms with Crippen LogP contribution in [0.5, 0.6) is 0 Å². The van der Waals surface area contributed by atoms with Crippen molar-refractivity contribution in [3.8, 4) is 5.69 Å². The fourth-order valence-corrected chi connectivity index (χ4v) is 4.59. The number of benzene rings is 1. The van der Waals surface area contributed by atoms with Gasteiger partial charge in [-0.15, -0.1) is 0 Å². The van der Waals surface area contributed by atoms with Crippen LogP contribution in [0.15, 0.2) is 36.5 Å². The van der Waals surface area contributed by atoms with E-state index in [-0.39, 0.29) is 11.3 Å².